The van der Waals surface area contributed by atoms with Gasteiger partial charge in [-0.2, -0.15) is 0 Å². The molecule has 1 N–H and O–H groups in total. The van der Waals surface area contributed by atoms with Crippen LogP contribution in [0.5, 0.6) is 0 Å². The Kier molecular flexibility index (Phi) is 5.35. The molecule has 2 atom stereocenters. The molecule has 0 radical (unpaired) electrons. The highest BCUT2D eigenvalue weighted by atomic mass is 19.1. The molecule has 1 fully saturated rings. The number of rotatable bonds is 5. The number of hydrogen-bond donors (Lipinski definition) is 1. The van der Waals surface area contributed by atoms with E-state index in [1.165, 1.54) is 12.1 Å². The Morgan fingerprint density at radius 3 is 2.77 bits per heavy atom. The Morgan fingerprint density at radius 1 is 1.27 bits per heavy atom. The molecule has 136 valence electrons. The standard InChI is InChI=1S/C21H23FN2O2/c1-3-15-6-4-9-19(10-15)24-13-17(12-20(24)25)21(26)23-14(2)16-7-5-8-18(22)11-16/h4-11,14,17H,3,12-13H2,1-2H3,(H,23,26)/t14-,17+/m0/s1. The highest BCUT2D eigenvalue weighted by molar-refractivity contribution is 6.00. The van der Waals surface area contributed by atoms with E-state index in [0.29, 0.717) is 12.1 Å². The van der Waals surface area contributed by atoms with E-state index in [9.17, 15) is 14.0 Å². The highest BCUT2D eigenvalue weighted by Crippen LogP contribution is 2.27. The van der Waals surface area contributed by atoms with Crippen LogP contribution in [0.2, 0.25) is 0 Å². The Bertz CT molecular complexity index is 821. The molecule has 2 aromatic carbocycles. The van der Waals surface area contributed by atoms with E-state index in [-0.39, 0.29) is 30.1 Å². The van der Waals surface area contributed by atoms with Gasteiger partial charge in [-0.05, 0) is 48.7 Å². The second kappa shape index (κ2) is 7.68. The van der Waals surface area contributed by atoms with E-state index < -0.39 is 5.92 Å². The molecule has 2 amide bonds. The molecule has 0 aromatic heterocycles. The second-order valence-corrected chi connectivity index (χ2v) is 6.71. The minimum atomic E-state index is -0.399. The van der Waals surface area contributed by atoms with Gasteiger partial charge >= 0.3 is 0 Å². The van der Waals surface area contributed by atoms with E-state index in [1.54, 1.807) is 17.0 Å². The molecule has 0 aliphatic carbocycles. The summed E-state index contributed by atoms with van der Waals surface area (Å²) in [4.78, 5) is 26.6. The minimum absolute atomic E-state index is 0.0446. The zero-order valence-corrected chi connectivity index (χ0v) is 15.0. The van der Waals surface area contributed by atoms with Gasteiger partial charge in [-0.15, -0.1) is 0 Å². The molecule has 5 heteroatoms. The lowest BCUT2D eigenvalue weighted by Crippen LogP contribution is -2.34. The molecule has 26 heavy (non-hydrogen) atoms. The van der Waals surface area contributed by atoms with Crippen molar-refractivity contribution in [3.8, 4) is 0 Å². The summed E-state index contributed by atoms with van der Waals surface area (Å²) in [5.41, 5.74) is 2.70. The number of carbonyl (C=O) groups is 2. The lowest BCUT2D eigenvalue weighted by atomic mass is 10.0. The summed E-state index contributed by atoms with van der Waals surface area (Å²) in [5.74, 6) is -0.952. The first-order valence-electron chi connectivity index (χ1n) is 8.93. The summed E-state index contributed by atoms with van der Waals surface area (Å²) < 4.78 is 13.4. The molecule has 2 aromatic rings. The van der Waals surface area contributed by atoms with Crippen LogP contribution in [-0.4, -0.2) is 18.4 Å². The average Bonchev–Trinajstić information content (AvgIpc) is 3.03. The number of halogens is 1. The van der Waals surface area contributed by atoms with E-state index in [4.69, 9.17) is 0 Å². The smallest absolute Gasteiger partial charge is 0.227 e. The van der Waals surface area contributed by atoms with Gasteiger partial charge in [0, 0.05) is 18.7 Å². The van der Waals surface area contributed by atoms with Crippen molar-refractivity contribution in [2.24, 2.45) is 5.92 Å². The maximum atomic E-state index is 13.4. The number of anilines is 1. The summed E-state index contributed by atoms with van der Waals surface area (Å²) >= 11 is 0. The highest BCUT2D eigenvalue weighted by Gasteiger charge is 2.35. The van der Waals surface area contributed by atoms with Crippen molar-refractivity contribution in [3.05, 3.63) is 65.5 Å². The monoisotopic (exact) mass is 354 g/mol. The minimum Gasteiger partial charge on any atom is -0.349 e. The molecule has 1 aliphatic heterocycles. The molecular weight excluding hydrogens is 331 g/mol. The lowest BCUT2D eigenvalue weighted by Gasteiger charge is -2.19. The van der Waals surface area contributed by atoms with E-state index in [0.717, 1.165) is 17.7 Å². The number of amides is 2. The fraction of sp³-hybridized carbons (Fsp3) is 0.333. The fourth-order valence-electron chi connectivity index (χ4n) is 3.27. The van der Waals surface area contributed by atoms with Crippen LogP contribution < -0.4 is 10.2 Å². The maximum absolute atomic E-state index is 13.4. The molecule has 4 nitrogen and oxygen atoms in total. The predicted octanol–water partition coefficient (Wildman–Crippen LogP) is 3.62. The van der Waals surface area contributed by atoms with Crippen molar-refractivity contribution in [1.29, 1.82) is 0 Å². The molecular formula is C21H23FN2O2. The van der Waals surface area contributed by atoms with Crippen LogP contribution in [0, 0.1) is 11.7 Å². The van der Waals surface area contributed by atoms with Crippen molar-refractivity contribution in [2.45, 2.75) is 32.7 Å². The summed E-state index contributed by atoms with van der Waals surface area (Å²) in [6.45, 7) is 4.24. The summed E-state index contributed by atoms with van der Waals surface area (Å²) in [6, 6.07) is 13.7. The van der Waals surface area contributed by atoms with Crippen LogP contribution in [0.25, 0.3) is 0 Å². The predicted molar refractivity (Wildman–Crippen MR) is 99.2 cm³/mol. The zero-order valence-electron chi connectivity index (χ0n) is 15.0. The van der Waals surface area contributed by atoms with Crippen molar-refractivity contribution >= 4 is 17.5 Å². The van der Waals surface area contributed by atoms with Gasteiger partial charge in [0.25, 0.3) is 0 Å². The van der Waals surface area contributed by atoms with E-state index in [2.05, 4.69) is 12.2 Å². The third-order valence-electron chi connectivity index (χ3n) is 4.83. The van der Waals surface area contributed by atoms with Crippen molar-refractivity contribution in [2.75, 3.05) is 11.4 Å². The molecule has 0 saturated carbocycles. The summed E-state index contributed by atoms with van der Waals surface area (Å²) in [7, 11) is 0. The zero-order chi connectivity index (χ0) is 18.7. The van der Waals surface area contributed by atoms with Gasteiger partial charge in [-0.25, -0.2) is 4.39 Å². The van der Waals surface area contributed by atoms with Gasteiger partial charge in [0.15, 0.2) is 0 Å². The number of nitrogens with one attached hydrogen (secondary N) is 1. The third kappa shape index (κ3) is 3.93. The molecule has 0 spiro atoms. The van der Waals surface area contributed by atoms with Crippen LogP contribution in [0.3, 0.4) is 0 Å². The Labute approximate surface area is 153 Å². The average molecular weight is 354 g/mol. The molecule has 1 aliphatic rings. The normalized spacial score (nSPS) is 18.0. The van der Waals surface area contributed by atoms with Crippen LogP contribution in [0.4, 0.5) is 10.1 Å². The van der Waals surface area contributed by atoms with Gasteiger partial charge < -0.3 is 10.2 Å². The number of carbonyl (C=O) groups excluding carboxylic acids is 2. The SMILES string of the molecule is CCc1cccc(N2C[C@H](C(=O)N[C@@H](C)c3cccc(F)c3)CC2=O)c1. The first-order valence-corrected chi connectivity index (χ1v) is 8.93. The van der Waals surface area contributed by atoms with Crippen LogP contribution >= 0.6 is 0 Å². The third-order valence-corrected chi connectivity index (χ3v) is 4.83. The summed E-state index contributed by atoms with van der Waals surface area (Å²) in [6.07, 6.45) is 1.09. The van der Waals surface area contributed by atoms with Crippen molar-refractivity contribution in [3.63, 3.8) is 0 Å². The van der Waals surface area contributed by atoms with Gasteiger partial charge in [-0.3, -0.25) is 9.59 Å². The molecule has 0 unspecified atom stereocenters. The van der Waals surface area contributed by atoms with Crippen molar-refractivity contribution < 1.29 is 14.0 Å². The number of hydrogen-bond acceptors (Lipinski definition) is 2. The Hall–Kier alpha value is -2.69. The number of benzene rings is 2. The van der Waals surface area contributed by atoms with Crippen LogP contribution in [-0.2, 0) is 16.0 Å². The van der Waals surface area contributed by atoms with Gasteiger partial charge in [0.1, 0.15) is 5.82 Å². The van der Waals surface area contributed by atoms with Gasteiger partial charge in [-0.1, -0.05) is 31.2 Å². The summed E-state index contributed by atoms with van der Waals surface area (Å²) in [5, 5.41) is 2.90. The van der Waals surface area contributed by atoms with E-state index in [1.807, 2.05) is 31.2 Å². The Balaban J connectivity index is 1.67. The quantitative estimate of drug-likeness (QED) is 0.892. The molecule has 1 saturated heterocycles. The van der Waals surface area contributed by atoms with Crippen molar-refractivity contribution in [1.82, 2.24) is 5.32 Å². The van der Waals surface area contributed by atoms with Crippen LogP contribution in [0.1, 0.15) is 37.4 Å². The Morgan fingerprint density at radius 2 is 2.04 bits per heavy atom. The maximum Gasteiger partial charge on any atom is 0.227 e. The number of nitrogens with zero attached hydrogens (tertiary/aromatic N) is 1. The van der Waals surface area contributed by atoms with Crippen LogP contribution in [0.15, 0.2) is 48.5 Å². The van der Waals surface area contributed by atoms with Gasteiger partial charge in [0.05, 0.1) is 12.0 Å². The molecule has 0 bridgehead atoms. The van der Waals surface area contributed by atoms with Gasteiger partial charge in [0.2, 0.25) is 11.8 Å². The second-order valence-electron chi connectivity index (χ2n) is 6.71. The topological polar surface area (TPSA) is 49.4 Å². The first-order chi connectivity index (χ1) is 12.5. The molecule has 1 heterocycles. The largest absolute Gasteiger partial charge is 0.349 e. The molecule has 3 rings (SSSR count). The fourth-order valence-corrected chi connectivity index (χ4v) is 3.27. The number of aryl methyl sites for hydroxylation is 1. The lowest BCUT2D eigenvalue weighted by molar-refractivity contribution is -0.126. The van der Waals surface area contributed by atoms with E-state index >= 15 is 0 Å². The first kappa shape index (κ1) is 18.1.